The zero-order chi connectivity index (χ0) is 13.9. The Balaban J connectivity index is 1.76. The highest BCUT2D eigenvalue weighted by atomic mass is 79.9. The number of ether oxygens (including phenoxy) is 1. The molecule has 20 heavy (non-hydrogen) atoms. The predicted octanol–water partition coefficient (Wildman–Crippen LogP) is 3.65. The van der Waals surface area contributed by atoms with Crippen molar-refractivity contribution >= 4 is 48.3 Å². The summed E-state index contributed by atoms with van der Waals surface area (Å²) in [7, 11) is 1.68. The summed E-state index contributed by atoms with van der Waals surface area (Å²) < 4.78 is 9.08. The number of benzene rings is 1. The highest BCUT2D eigenvalue weighted by Crippen LogP contribution is 2.30. The second-order valence-corrected chi connectivity index (χ2v) is 6.19. The zero-order valence-electron chi connectivity index (χ0n) is 10.8. The second-order valence-electron chi connectivity index (χ2n) is 4.24. The van der Waals surface area contributed by atoms with E-state index in [9.17, 15) is 0 Å². The van der Waals surface area contributed by atoms with E-state index in [1.807, 2.05) is 23.0 Å². The molecule has 3 aromatic rings. The van der Waals surface area contributed by atoms with Crippen molar-refractivity contribution < 1.29 is 4.74 Å². The first kappa shape index (κ1) is 13.5. The van der Waals surface area contributed by atoms with Gasteiger partial charge >= 0.3 is 0 Å². The molecule has 0 fully saturated rings. The van der Waals surface area contributed by atoms with Gasteiger partial charge in [0.15, 0.2) is 5.13 Å². The maximum absolute atomic E-state index is 5.03. The van der Waals surface area contributed by atoms with Gasteiger partial charge in [0.1, 0.15) is 0 Å². The molecule has 1 aromatic carbocycles. The lowest BCUT2D eigenvalue weighted by atomic mass is 10.3. The summed E-state index contributed by atoms with van der Waals surface area (Å²) in [6, 6.07) is 6.07. The van der Waals surface area contributed by atoms with Crippen molar-refractivity contribution in [2.24, 2.45) is 0 Å². The van der Waals surface area contributed by atoms with Gasteiger partial charge in [-0.3, -0.25) is 4.68 Å². The summed E-state index contributed by atoms with van der Waals surface area (Å²) in [5.74, 6) is 0. The number of aromatic nitrogens is 3. The van der Waals surface area contributed by atoms with E-state index in [0.717, 1.165) is 32.1 Å². The normalized spacial score (nSPS) is 11.1. The van der Waals surface area contributed by atoms with Crippen LogP contribution in [0.3, 0.4) is 0 Å². The summed E-state index contributed by atoms with van der Waals surface area (Å²) >= 11 is 5.09. The van der Waals surface area contributed by atoms with E-state index < -0.39 is 0 Å². The number of halogens is 1. The molecule has 0 atom stereocenters. The number of nitrogens with one attached hydrogen (secondary N) is 1. The first-order chi connectivity index (χ1) is 9.74. The van der Waals surface area contributed by atoms with Gasteiger partial charge in [-0.2, -0.15) is 5.10 Å². The van der Waals surface area contributed by atoms with Gasteiger partial charge in [0, 0.05) is 17.8 Å². The largest absolute Gasteiger partial charge is 0.383 e. The maximum atomic E-state index is 5.03. The molecule has 7 heteroatoms. The van der Waals surface area contributed by atoms with Gasteiger partial charge in [0.25, 0.3) is 0 Å². The van der Waals surface area contributed by atoms with Gasteiger partial charge in [0.2, 0.25) is 0 Å². The van der Waals surface area contributed by atoms with Gasteiger partial charge in [-0.15, -0.1) is 0 Å². The molecule has 5 nitrogen and oxygen atoms in total. The van der Waals surface area contributed by atoms with Crippen molar-refractivity contribution in [1.29, 1.82) is 0 Å². The number of thiazole rings is 1. The molecule has 0 aliphatic carbocycles. The fourth-order valence-electron chi connectivity index (χ4n) is 1.81. The van der Waals surface area contributed by atoms with E-state index in [1.54, 1.807) is 24.6 Å². The molecule has 0 aliphatic rings. The van der Waals surface area contributed by atoms with Gasteiger partial charge in [-0.25, -0.2) is 4.98 Å². The zero-order valence-corrected chi connectivity index (χ0v) is 13.2. The smallest absolute Gasteiger partial charge is 0.188 e. The molecule has 0 spiro atoms. The monoisotopic (exact) mass is 352 g/mol. The van der Waals surface area contributed by atoms with E-state index in [4.69, 9.17) is 4.74 Å². The number of hydrogen-bond donors (Lipinski definition) is 1. The molecule has 0 saturated carbocycles. The van der Waals surface area contributed by atoms with Crippen molar-refractivity contribution in [3.63, 3.8) is 0 Å². The Morgan fingerprint density at radius 3 is 3.20 bits per heavy atom. The summed E-state index contributed by atoms with van der Waals surface area (Å²) in [5.41, 5.74) is 1.92. The average Bonchev–Trinajstić information content (AvgIpc) is 3.02. The Kier molecular flexibility index (Phi) is 4.00. The highest BCUT2D eigenvalue weighted by Gasteiger charge is 2.06. The number of hydrogen-bond acceptors (Lipinski definition) is 5. The molecular weight excluding hydrogens is 340 g/mol. The number of fused-ring (bicyclic) bond motifs is 1. The average molecular weight is 353 g/mol. The van der Waals surface area contributed by atoms with Gasteiger partial charge in [0.05, 0.1) is 35.3 Å². The second kappa shape index (κ2) is 5.90. The van der Waals surface area contributed by atoms with Gasteiger partial charge < -0.3 is 10.1 Å². The molecule has 0 unspecified atom stereocenters. The van der Waals surface area contributed by atoms with E-state index in [1.165, 1.54) is 0 Å². The number of methoxy groups -OCH3 is 1. The Morgan fingerprint density at radius 1 is 1.45 bits per heavy atom. The fraction of sp³-hybridized carbons (Fsp3) is 0.231. The first-order valence-electron chi connectivity index (χ1n) is 6.09. The minimum absolute atomic E-state index is 0.649. The lowest BCUT2D eigenvalue weighted by Crippen LogP contribution is -2.03. The third kappa shape index (κ3) is 3.00. The van der Waals surface area contributed by atoms with Gasteiger partial charge in [-0.1, -0.05) is 27.3 Å². The third-order valence-electron chi connectivity index (χ3n) is 2.76. The SMILES string of the molecule is COCCn1cc(Nc2nc3ccc(Br)cc3s2)cn1. The maximum Gasteiger partial charge on any atom is 0.188 e. The van der Waals surface area contributed by atoms with Crippen molar-refractivity contribution in [3.05, 3.63) is 35.1 Å². The Labute approximate surface area is 128 Å². The van der Waals surface area contributed by atoms with Crippen LogP contribution in [0.5, 0.6) is 0 Å². The lowest BCUT2D eigenvalue weighted by Gasteiger charge is -1.99. The number of nitrogens with zero attached hydrogens (tertiary/aromatic N) is 3. The molecule has 0 saturated heterocycles. The quantitative estimate of drug-likeness (QED) is 0.761. The molecule has 0 amide bonds. The molecular formula is C13H13BrN4OS. The summed E-state index contributed by atoms with van der Waals surface area (Å²) in [6.07, 6.45) is 3.73. The standard InChI is InChI=1S/C13H13BrN4OS/c1-19-5-4-18-8-10(7-15-18)16-13-17-11-3-2-9(14)6-12(11)20-13/h2-3,6-8H,4-5H2,1H3,(H,16,17). The Hall–Kier alpha value is -1.44. The van der Waals surface area contributed by atoms with Crippen LogP contribution in [-0.4, -0.2) is 28.5 Å². The van der Waals surface area contributed by atoms with Crippen LogP contribution in [0.1, 0.15) is 0 Å². The van der Waals surface area contributed by atoms with Crippen LogP contribution in [-0.2, 0) is 11.3 Å². The molecule has 104 valence electrons. The summed E-state index contributed by atoms with van der Waals surface area (Å²) in [5, 5.41) is 8.40. The third-order valence-corrected chi connectivity index (χ3v) is 4.19. The Morgan fingerprint density at radius 2 is 2.35 bits per heavy atom. The van der Waals surface area contributed by atoms with E-state index >= 15 is 0 Å². The van der Waals surface area contributed by atoms with E-state index in [0.29, 0.717) is 6.61 Å². The van der Waals surface area contributed by atoms with Crippen LogP contribution < -0.4 is 5.32 Å². The summed E-state index contributed by atoms with van der Waals surface area (Å²) in [4.78, 5) is 4.55. The minimum atomic E-state index is 0.649. The molecule has 0 bridgehead atoms. The summed E-state index contributed by atoms with van der Waals surface area (Å²) in [6.45, 7) is 1.39. The molecule has 2 heterocycles. The van der Waals surface area contributed by atoms with Crippen molar-refractivity contribution in [1.82, 2.24) is 14.8 Å². The van der Waals surface area contributed by atoms with Crippen LogP contribution >= 0.6 is 27.3 Å². The number of rotatable bonds is 5. The Bertz CT molecular complexity index is 724. The van der Waals surface area contributed by atoms with Crippen LogP contribution in [0.2, 0.25) is 0 Å². The molecule has 1 N–H and O–H groups in total. The topological polar surface area (TPSA) is 52.0 Å². The van der Waals surface area contributed by atoms with Crippen molar-refractivity contribution in [2.75, 3.05) is 19.0 Å². The van der Waals surface area contributed by atoms with Crippen LogP contribution in [0, 0.1) is 0 Å². The van der Waals surface area contributed by atoms with E-state index in [2.05, 4.69) is 37.4 Å². The first-order valence-corrected chi connectivity index (χ1v) is 7.70. The van der Waals surface area contributed by atoms with Crippen molar-refractivity contribution in [2.45, 2.75) is 6.54 Å². The molecule has 0 aliphatic heterocycles. The van der Waals surface area contributed by atoms with Crippen molar-refractivity contribution in [3.8, 4) is 0 Å². The van der Waals surface area contributed by atoms with Crippen LogP contribution in [0.15, 0.2) is 35.1 Å². The number of anilines is 2. The van der Waals surface area contributed by atoms with Gasteiger partial charge in [-0.05, 0) is 18.2 Å². The molecule has 0 radical (unpaired) electrons. The highest BCUT2D eigenvalue weighted by molar-refractivity contribution is 9.10. The molecule has 2 aromatic heterocycles. The predicted molar refractivity (Wildman–Crippen MR) is 84.7 cm³/mol. The lowest BCUT2D eigenvalue weighted by molar-refractivity contribution is 0.183. The minimum Gasteiger partial charge on any atom is -0.383 e. The van der Waals surface area contributed by atoms with E-state index in [-0.39, 0.29) is 0 Å². The van der Waals surface area contributed by atoms with Crippen LogP contribution in [0.4, 0.5) is 10.8 Å². The molecule has 3 rings (SSSR count). The van der Waals surface area contributed by atoms with Crippen LogP contribution in [0.25, 0.3) is 10.2 Å². The fourth-order valence-corrected chi connectivity index (χ4v) is 3.25.